The normalized spacial score (nSPS) is 11.8. The van der Waals surface area contributed by atoms with Crippen LogP contribution in [0.15, 0.2) is 127 Å². The number of ether oxygens (including phenoxy) is 2. The third-order valence-corrected chi connectivity index (χ3v) is 8.30. The fraction of sp³-hybridized carbons (Fsp3) is 0.238. The Morgan fingerprint density at radius 3 is 2.02 bits per heavy atom. The number of hydrogen-bond acceptors (Lipinski definition) is 6. The first-order valence-corrected chi connectivity index (χ1v) is 16.4. The molecule has 5 aromatic carbocycles. The lowest BCUT2D eigenvalue weighted by atomic mass is 9.86. The topological polar surface area (TPSA) is 76.7 Å². The van der Waals surface area contributed by atoms with Gasteiger partial charge in [0.15, 0.2) is 5.78 Å². The van der Waals surface area contributed by atoms with Crippen LogP contribution < -0.4 is 15.4 Å². The van der Waals surface area contributed by atoms with Gasteiger partial charge in [0, 0.05) is 35.5 Å². The number of esters is 1. The van der Waals surface area contributed by atoms with Crippen LogP contribution in [0.5, 0.6) is 5.75 Å². The molecule has 0 heterocycles. The summed E-state index contributed by atoms with van der Waals surface area (Å²) in [5.74, 6) is 0.215. The molecule has 1 unspecified atom stereocenters. The summed E-state index contributed by atoms with van der Waals surface area (Å²) in [6, 6.07) is 40.6. The van der Waals surface area contributed by atoms with Gasteiger partial charge in [0.1, 0.15) is 18.4 Å². The minimum atomic E-state index is -0.688. The predicted octanol–water partition coefficient (Wildman–Crippen LogP) is 8.49. The molecule has 0 bridgehead atoms. The smallest absolute Gasteiger partial charge is 0.328 e. The zero-order valence-electron chi connectivity index (χ0n) is 28.2. The summed E-state index contributed by atoms with van der Waals surface area (Å²) in [6.07, 6.45) is 1.23. The van der Waals surface area contributed by atoms with E-state index in [0.29, 0.717) is 36.4 Å². The van der Waals surface area contributed by atoms with Crippen LogP contribution in [0.25, 0.3) is 0 Å². The van der Waals surface area contributed by atoms with E-state index in [1.807, 2.05) is 60.7 Å². The average Bonchev–Trinajstić information content (AvgIpc) is 3.11. The molecule has 0 spiro atoms. The number of methoxy groups -OCH3 is 1. The predicted molar refractivity (Wildman–Crippen MR) is 194 cm³/mol. The fourth-order valence-corrected chi connectivity index (χ4v) is 5.58. The molecule has 0 aliphatic carbocycles. The summed E-state index contributed by atoms with van der Waals surface area (Å²) in [7, 11) is 1.37. The summed E-state index contributed by atoms with van der Waals surface area (Å²) in [5, 5.41) is 6.80. The number of benzene rings is 5. The van der Waals surface area contributed by atoms with E-state index in [2.05, 4.69) is 73.9 Å². The average molecular weight is 641 g/mol. The Balaban J connectivity index is 1.15. The van der Waals surface area contributed by atoms with Crippen molar-refractivity contribution in [3.05, 3.63) is 161 Å². The van der Waals surface area contributed by atoms with Crippen LogP contribution in [0.4, 0.5) is 11.4 Å². The molecule has 0 aliphatic heterocycles. The van der Waals surface area contributed by atoms with Gasteiger partial charge in [-0.05, 0) is 64.4 Å². The van der Waals surface area contributed by atoms with Gasteiger partial charge in [-0.2, -0.15) is 0 Å². The molecule has 0 radical (unpaired) electrons. The third kappa shape index (κ3) is 9.13. The number of para-hydroxylation sites is 2. The van der Waals surface area contributed by atoms with Crippen molar-refractivity contribution in [3.8, 4) is 5.75 Å². The second kappa shape index (κ2) is 16.0. The minimum Gasteiger partial charge on any atom is -0.492 e. The highest BCUT2D eigenvalue weighted by molar-refractivity contribution is 6.12. The minimum absolute atomic E-state index is 0.118. The van der Waals surface area contributed by atoms with E-state index in [9.17, 15) is 9.59 Å². The van der Waals surface area contributed by atoms with Crippen LogP contribution in [0.1, 0.15) is 58.9 Å². The maximum absolute atomic E-state index is 13.2. The third-order valence-electron chi connectivity index (χ3n) is 8.30. The monoisotopic (exact) mass is 640 g/mol. The van der Waals surface area contributed by atoms with Crippen LogP contribution in [0, 0.1) is 0 Å². The van der Waals surface area contributed by atoms with Crippen LogP contribution in [0.2, 0.25) is 0 Å². The molecule has 6 heteroatoms. The highest BCUT2D eigenvalue weighted by Gasteiger charge is 2.23. The Hall–Kier alpha value is -5.36. The SMILES string of the molecule is COC(=O)C(Cc1ccc(OCCNc2ccccc2Cc2ccc(C(C)(C)C)cc2)cc1)Nc1ccccc1C(=O)c1ccccc1. The van der Waals surface area contributed by atoms with Crippen molar-refractivity contribution in [2.75, 3.05) is 30.9 Å². The molecule has 2 N–H and O–H groups in total. The van der Waals surface area contributed by atoms with Crippen LogP contribution in [-0.2, 0) is 27.8 Å². The van der Waals surface area contributed by atoms with Gasteiger partial charge in [0.05, 0.1) is 7.11 Å². The van der Waals surface area contributed by atoms with E-state index >= 15 is 0 Å². The van der Waals surface area contributed by atoms with E-state index in [4.69, 9.17) is 9.47 Å². The number of rotatable bonds is 14. The largest absolute Gasteiger partial charge is 0.492 e. The highest BCUT2D eigenvalue weighted by Crippen LogP contribution is 2.25. The molecule has 0 saturated carbocycles. The molecule has 0 fully saturated rings. The first kappa shape index (κ1) is 34.0. The molecular formula is C42H44N2O4. The van der Waals surface area contributed by atoms with E-state index < -0.39 is 12.0 Å². The van der Waals surface area contributed by atoms with E-state index in [-0.39, 0.29) is 11.2 Å². The second-order valence-corrected chi connectivity index (χ2v) is 12.9. The maximum atomic E-state index is 13.2. The van der Waals surface area contributed by atoms with Gasteiger partial charge in [-0.15, -0.1) is 0 Å². The number of ketones is 1. The second-order valence-electron chi connectivity index (χ2n) is 12.9. The quantitative estimate of drug-likeness (QED) is 0.0720. The summed E-state index contributed by atoms with van der Waals surface area (Å²) in [6.45, 7) is 7.84. The lowest BCUT2D eigenvalue weighted by molar-refractivity contribution is -0.141. The Morgan fingerprint density at radius 1 is 0.708 bits per heavy atom. The molecule has 48 heavy (non-hydrogen) atoms. The molecule has 0 aliphatic rings. The van der Waals surface area contributed by atoms with Gasteiger partial charge >= 0.3 is 5.97 Å². The number of hydrogen-bond donors (Lipinski definition) is 2. The molecule has 5 aromatic rings. The van der Waals surface area contributed by atoms with Gasteiger partial charge in [0.25, 0.3) is 0 Å². The van der Waals surface area contributed by atoms with Crippen molar-refractivity contribution in [1.29, 1.82) is 0 Å². The molecule has 1 atom stereocenters. The first-order chi connectivity index (χ1) is 23.2. The van der Waals surface area contributed by atoms with E-state index in [1.54, 1.807) is 24.3 Å². The van der Waals surface area contributed by atoms with E-state index in [0.717, 1.165) is 23.4 Å². The fourth-order valence-electron chi connectivity index (χ4n) is 5.58. The Kier molecular flexibility index (Phi) is 11.3. The Morgan fingerprint density at radius 2 is 1.33 bits per heavy atom. The van der Waals surface area contributed by atoms with Gasteiger partial charge < -0.3 is 20.1 Å². The van der Waals surface area contributed by atoms with E-state index in [1.165, 1.54) is 23.8 Å². The Labute approximate surface area is 284 Å². The summed E-state index contributed by atoms with van der Waals surface area (Å²) in [4.78, 5) is 26.0. The molecule has 6 nitrogen and oxygen atoms in total. The molecular weight excluding hydrogens is 596 g/mol. The van der Waals surface area contributed by atoms with Gasteiger partial charge in [0.2, 0.25) is 0 Å². The Bertz CT molecular complexity index is 1790. The summed E-state index contributed by atoms with van der Waals surface area (Å²) >= 11 is 0. The number of carbonyl (C=O) groups excluding carboxylic acids is 2. The lowest BCUT2D eigenvalue weighted by Crippen LogP contribution is -2.33. The molecule has 246 valence electrons. The molecule has 0 aromatic heterocycles. The van der Waals surface area contributed by atoms with Gasteiger partial charge in [-0.25, -0.2) is 4.79 Å². The molecule has 0 saturated heterocycles. The van der Waals surface area contributed by atoms with Gasteiger partial charge in [-0.1, -0.05) is 118 Å². The number of anilines is 2. The van der Waals surface area contributed by atoms with Gasteiger partial charge in [-0.3, -0.25) is 4.79 Å². The number of nitrogens with one attached hydrogen (secondary N) is 2. The van der Waals surface area contributed by atoms with Crippen molar-refractivity contribution in [3.63, 3.8) is 0 Å². The van der Waals surface area contributed by atoms with Crippen LogP contribution >= 0.6 is 0 Å². The van der Waals surface area contributed by atoms with Crippen LogP contribution in [0.3, 0.4) is 0 Å². The summed E-state index contributed by atoms with van der Waals surface area (Å²) in [5.41, 5.74) is 7.68. The maximum Gasteiger partial charge on any atom is 0.328 e. The van der Waals surface area contributed by atoms with Crippen molar-refractivity contribution < 1.29 is 19.1 Å². The highest BCUT2D eigenvalue weighted by atomic mass is 16.5. The zero-order chi connectivity index (χ0) is 33.9. The van der Waals surface area contributed by atoms with Crippen molar-refractivity contribution in [1.82, 2.24) is 0 Å². The molecule has 0 amide bonds. The van der Waals surface area contributed by atoms with Crippen molar-refractivity contribution >= 4 is 23.1 Å². The standard InChI is InChI=1S/C42H44N2O4/c1-42(2,3)34-22-18-30(19-23-34)28-33-14-8-10-16-37(33)43-26-27-48-35-24-20-31(21-25-35)29-39(41(46)47-4)44-38-17-11-9-15-36(38)40(45)32-12-6-5-7-13-32/h5-25,39,43-44H,26-29H2,1-4H3. The van der Waals surface area contributed by atoms with Crippen molar-refractivity contribution in [2.45, 2.75) is 45.1 Å². The van der Waals surface area contributed by atoms with Crippen LogP contribution in [-0.4, -0.2) is 38.1 Å². The number of carbonyl (C=O) groups is 2. The summed E-state index contributed by atoms with van der Waals surface area (Å²) < 4.78 is 11.1. The zero-order valence-corrected chi connectivity index (χ0v) is 28.2. The molecule has 5 rings (SSSR count). The van der Waals surface area contributed by atoms with Crippen molar-refractivity contribution in [2.24, 2.45) is 0 Å². The first-order valence-electron chi connectivity index (χ1n) is 16.4. The lowest BCUT2D eigenvalue weighted by Gasteiger charge is -2.20.